The van der Waals surface area contributed by atoms with Gasteiger partial charge < -0.3 is 15.0 Å². The number of benzene rings is 2. The lowest BCUT2D eigenvalue weighted by Gasteiger charge is -2.21. The predicted octanol–water partition coefficient (Wildman–Crippen LogP) is 3.56. The number of hydrogen-bond donors (Lipinski definition) is 1. The number of nitrogens with one attached hydrogen (secondary N) is 1. The minimum absolute atomic E-state index is 0.377. The van der Waals surface area contributed by atoms with Gasteiger partial charge in [0.2, 0.25) is 5.95 Å². The Labute approximate surface area is 151 Å². The summed E-state index contributed by atoms with van der Waals surface area (Å²) in [5, 5.41) is 11.2. The number of esters is 1. The number of methoxy groups -OCH3 is 1. The highest BCUT2D eigenvalue weighted by Gasteiger charge is 2.11. The van der Waals surface area contributed by atoms with Gasteiger partial charge in [-0.1, -0.05) is 18.2 Å². The number of carbonyl (C=O) groups is 1. The van der Waals surface area contributed by atoms with E-state index >= 15 is 0 Å². The van der Waals surface area contributed by atoms with Crippen LogP contribution < -0.4 is 10.2 Å². The van der Waals surface area contributed by atoms with Crippen LogP contribution in [0, 0.1) is 0 Å². The molecule has 0 fully saturated rings. The molecule has 0 radical (unpaired) electrons. The maximum Gasteiger partial charge on any atom is 0.337 e. The van der Waals surface area contributed by atoms with E-state index in [1.807, 2.05) is 42.2 Å². The van der Waals surface area contributed by atoms with Crippen LogP contribution in [0.3, 0.4) is 0 Å². The molecule has 7 nitrogen and oxygen atoms in total. The summed E-state index contributed by atoms with van der Waals surface area (Å²) < 4.78 is 4.69. The Bertz CT molecular complexity index is 869. The third-order valence-electron chi connectivity index (χ3n) is 3.77. The molecule has 0 amide bonds. The molecule has 7 heteroatoms. The number of hydrogen-bond acceptors (Lipinski definition) is 7. The van der Waals surface area contributed by atoms with E-state index in [9.17, 15) is 4.79 Å². The van der Waals surface area contributed by atoms with Gasteiger partial charge in [0.1, 0.15) is 0 Å². The number of rotatable bonds is 6. The lowest BCUT2D eigenvalue weighted by Crippen LogP contribution is -2.18. The third kappa shape index (κ3) is 3.94. The highest BCUT2D eigenvalue weighted by Crippen LogP contribution is 2.23. The second kappa shape index (κ2) is 8.06. The fourth-order valence-corrected chi connectivity index (χ4v) is 2.50. The molecule has 3 aromatic rings. The van der Waals surface area contributed by atoms with Crippen LogP contribution in [0.15, 0.2) is 60.8 Å². The summed E-state index contributed by atoms with van der Waals surface area (Å²) in [6.07, 6.45) is 1.63. The van der Waals surface area contributed by atoms with Crippen molar-refractivity contribution >= 4 is 29.1 Å². The lowest BCUT2D eigenvalue weighted by atomic mass is 10.2. The molecule has 1 heterocycles. The van der Waals surface area contributed by atoms with Gasteiger partial charge >= 0.3 is 5.97 Å². The first kappa shape index (κ1) is 17.3. The van der Waals surface area contributed by atoms with Gasteiger partial charge in [0, 0.05) is 17.9 Å². The Morgan fingerprint density at radius 2 is 1.85 bits per heavy atom. The maximum absolute atomic E-state index is 11.5. The molecule has 2 aromatic carbocycles. The molecule has 0 saturated carbocycles. The Morgan fingerprint density at radius 3 is 2.50 bits per heavy atom. The molecule has 0 bridgehead atoms. The second-order valence-electron chi connectivity index (χ2n) is 5.41. The van der Waals surface area contributed by atoms with Crippen molar-refractivity contribution in [1.29, 1.82) is 0 Å². The average Bonchev–Trinajstić information content (AvgIpc) is 2.70. The van der Waals surface area contributed by atoms with Crippen molar-refractivity contribution in [3.05, 3.63) is 66.4 Å². The number of para-hydroxylation sites is 1. The largest absolute Gasteiger partial charge is 0.465 e. The maximum atomic E-state index is 11.5. The third-order valence-corrected chi connectivity index (χ3v) is 3.77. The van der Waals surface area contributed by atoms with Gasteiger partial charge in [-0.05, 0) is 43.3 Å². The number of anilines is 4. The Balaban J connectivity index is 1.80. The molecule has 132 valence electrons. The van der Waals surface area contributed by atoms with Crippen molar-refractivity contribution in [2.75, 3.05) is 23.9 Å². The molecule has 0 unspecified atom stereocenters. The molecular formula is C19H19N5O2. The van der Waals surface area contributed by atoms with Crippen molar-refractivity contribution in [3.63, 3.8) is 0 Å². The van der Waals surface area contributed by atoms with Gasteiger partial charge in [0.15, 0.2) is 5.82 Å². The average molecular weight is 349 g/mol. The van der Waals surface area contributed by atoms with Gasteiger partial charge in [-0.25, -0.2) is 4.79 Å². The topological polar surface area (TPSA) is 80.2 Å². The van der Waals surface area contributed by atoms with E-state index in [1.54, 1.807) is 30.5 Å². The van der Waals surface area contributed by atoms with E-state index in [2.05, 4.69) is 20.5 Å². The highest BCUT2D eigenvalue weighted by atomic mass is 16.5. The quantitative estimate of drug-likeness (QED) is 0.682. The van der Waals surface area contributed by atoms with Crippen LogP contribution in [0.4, 0.5) is 23.1 Å². The summed E-state index contributed by atoms with van der Waals surface area (Å²) >= 11 is 0. The van der Waals surface area contributed by atoms with E-state index < -0.39 is 0 Å². The number of carbonyl (C=O) groups excluding carboxylic acids is 1. The van der Waals surface area contributed by atoms with Gasteiger partial charge in [-0.2, -0.15) is 10.1 Å². The standard InChI is InChI=1S/C19H19N5O2/c1-3-24(16-7-5-4-6-8-16)17-13-20-23-19(22-17)21-15-11-9-14(10-12-15)18(25)26-2/h4-13H,3H2,1-2H3,(H,21,22,23). The van der Waals surface area contributed by atoms with Gasteiger partial charge in [-0.15, -0.1) is 5.10 Å². The zero-order valence-electron chi connectivity index (χ0n) is 14.6. The molecule has 0 aliphatic rings. The summed E-state index contributed by atoms with van der Waals surface area (Å²) in [6.45, 7) is 2.80. The Hall–Kier alpha value is -3.48. The molecule has 0 aliphatic carbocycles. The van der Waals surface area contributed by atoms with Crippen LogP contribution >= 0.6 is 0 Å². The van der Waals surface area contributed by atoms with E-state index in [4.69, 9.17) is 4.74 Å². The van der Waals surface area contributed by atoms with Gasteiger partial charge in [0.05, 0.1) is 18.9 Å². The summed E-state index contributed by atoms with van der Waals surface area (Å²) in [5.41, 5.74) is 2.26. The minimum atomic E-state index is -0.377. The zero-order chi connectivity index (χ0) is 18.4. The summed E-state index contributed by atoms with van der Waals surface area (Å²) in [7, 11) is 1.35. The van der Waals surface area contributed by atoms with Crippen molar-refractivity contribution in [2.45, 2.75) is 6.92 Å². The first-order valence-corrected chi connectivity index (χ1v) is 8.19. The normalized spacial score (nSPS) is 10.2. The highest BCUT2D eigenvalue weighted by molar-refractivity contribution is 5.89. The Kier molecular flexibility index (Phi) is 5.38. The Morgan fingerprint density at radius 1 is 1.12 bits per heavy atom. The summed E-state index contributed by atoms with van der Waals surface area (Å²) in [4.78, 5) is 18.1. The summed E-state index contributed by atoms with van der Waals surface area (Å²) in [6, 6.07) is 16.8. The van der Waals surface area contributed by atoms with Crippen LogP contribution in [0.25, 0.3) is 0 Å². The minimum Gasteiger partial charge on any atom is -0.465 e. The lowest BCUT2D eigenvalue weighted by molar-refractivity contribution is 0.0601. The fourth-order valence-electron chi connectivity index (χ4n) is 2.50. The molecule has 1 N–H and O–H groups in total. The number of nitrogens with zero attached hydrogens (tertiary/aromatic N) is 4. The number of ether oxygens (including phenoxy) is 1. The van der Waals surface area contributed by atoms with E-state index in [0.29, 0.717) is 17.3 Å². The molecule has 26 heavy (non-hydrogen) atoms. The van der Waals surface area contributed by atoms with Crippen LogP contribution in [0.5, 0.6) is 0 Å². The smallest absolute Gasteiger partial charge is 0.337 e. The van der Waals surface area contributed by atoms with Crippen molar-refractivity contribution in [3.8, 4) is 0 Å². The van der Waals surface area contributed by atoms with E-state index in [-0.39, 0.29) is 5.97 Å². The van der Waals surface area contributed by atoms with Crippen LogP contribution in [0.2, 0.25) is 0 Å². The van der Waals surface area contributed by atoms with Gasteiger partial charge in [0.25, 0.3) is 0 Å². The van der Waals surface area contributed by atoms with Crippen molar-refractivity contribution < 1.29 is 9.53 Å². The molecule has 0 saturated heterocycles. The summed E-state index contributed by atoms with van der Waals surface area (Å²) in [5.74, 6) is 0.697. The number of aromatic nitrogens is 3. The van der Waals surface area contributed by atoms with Crippen LogP contribution in [0.1, 0.15) is 17.3 Å². The molecular weight excluding hydrogens is 330 g/mol. The first-order chi connectivity index (χ1) is 12.7. The van der Waals surface area contributed by atoms with E-state index in [1.165, 1.54) is 7.11 Å². The zero-order valence-corrected chi connectivity index (χ0v) is 14.6. The van der Waals surface area contributed by atoms with Crippen LogP contribution in [-0.2, 0) is 4.74 Å². The first-order valence-electron chi connectivity index (χ1n) is 8.19. The fraction of sp³-hybridized carbons (Fsp3) is 0.158. The molecule has 0 spiro atoms. The van der Waals surface area contributed by atoms with Gasteiger partial charge in [-0.3, -0.25) is 0 Å². The predicted molar refractivity (Wildman–Crippen MR) is 100 cm³/mol. The second-order valence-corrected chi connectivity index (χ2v) is 5.41. The van der Waals surface area contributed by atoms with Crippen molar-refractivity contribution in [2.24, 2.45) is 0 Å². The molecule has 3 rings (SSSR count). The molecule has 0 atom stereocenters. The van der Waals surface area contributed by atoms with E-state index in [0.717, 1.165) is 17.9 Å². The van der Waals surface area contributed by atoms with Crippen LogP contribution in [-0.4, -0.2) is 34.8 Å². The monoisotopic (exact) mass is 349 g/mol. The SMILES string of the molecule is CCN(c1ccccc1)c1cnnc(Nc2ccc(C(=O)OC)cc2)n1. The molecule has 1 aromatic heterocycles. The molecule has 0 aliphatic heterocycles. The van der Waals surface area contributed by atoms with Crippen molar-refractivity contribution in [1.82, 2.24) is 15.2 Å².